The van der Waals surface area contributed by atoms with E-state index < -0.39 is 10.0 Å². The van der Waals surface area contributed by atoms with Crippen molar-refractivity contribution in [3.05, 3.63) is 18.3 Å². The van der Waals surface area contributed by atoms with E-state index in [0.29, 0.717) is 19.0 Å². The molecular formula is C11H19N3O3S. The zero-order valence-electron chi connectivity index (χ0n) is 10.8. The van der Waals surface area contributed by atoms with Gasteiger partial charge in [0.25, 0.3) is 0 Å². The molecule has 0 radical (unpaired) electrons. The van der Waals surface area contributed by atoms with Gasteiger partial charge in [-0.25, -0.2) is 13.4 Å². The van der Waals surface area contributed by atoms with Gasteiger partial charge in [0.15, 0.2) is 0 Å². The minimum absolute atomic E-state index is 0.0827. The molecule has 102 valence electrons. The van der Waals surface area contributed by atoms with Gasteiger partial charge in [0.1, 0.15) is 10.7 Å². The van der Waals surface area contributed by atoms with Crippen molar-refractivity contribution in [2.45, 2.75) is 24.8 Å². The van der Waals surface area contributed by atoms with E-state index in [0.717, 1.165) is 0 Å². The van der Waals surface area contributed by atoms with E-state index in [1.165, 1.54) is 29.7 Å². The number of nitrogens with two attached hydrogens (primary N) is 1. The number of ether oxygens (including phenoxy) is 1. The van der Waals surface area contributed by atoms with Crippen LogP contribution in [-0.2, 0) is 14.8 Å². The molecule has 0 aliphatic heterocycles. The number of likely N-dealkylation sites (N-methyl/N-ethyl adjacent to an activating group) is 1. The molecule has 0 aliphatic carbocycles. The molecule has 0 unspecified atom stereocenters. The second-order valence-corrected chi connectivity index (χ2v) is 6.21. The number of pyridine rings is 1. The van der Waals surface area contributed by atoms with Crippen LogP contribution in [0.3, 0.4) is 0 Å². The van der Waals surface area contributed by atoms with Crippen LogP contribution >= 0.6 is 0 Å². The number of hydrogen-bond acceptors (Lipinski definition) is 5. The third-order valence-corrected chi connectivity index (χ3v) is 4.17. The first kappa shape index (κ1) is 14.9. The fourth-order valence-electron chi connectivity index (χ4n) is 1.26. The van der Waals surface area contributed by atoms with Gasteiger partial charge in [0.2, 0.25) is 10.0 Å². The van der Waals surface area contributed by atoms with Crippen LogP contribution in [0.25, 0.3) is 0 Å². The van der Waals surface area contributed by atoms with Gasteiger partial charge in [-0.2, -0.15) is 4.31 Å². The fraction of sp³-hybridized carbons (Fsp3) is 0.545. The molecule has 6 nitrogen and oxygen atoms in total. The molecule has 0 saturated carbocycles. The van der Waals surface area contributed by atoms with Crippen molar-refractivity contribution >= 4 is 15.8 Å². The Labute approximate surface area is 108 Å². The number of anilines is 1. The number of hydrogen-bond donors (Lipinski definition) is 1. The third kappa shape index (κ3) is 3.94. The first-order valence-corrected chi connectivity index (χ1v) is 7.07. The van der Waals surface area contributed by atoms with Crippen LogP contribution in [0.5, 0.6) is 0 Å². The normalized spacial score (nSPS) is 12.3. The van der Waals surface area contributed by atoms with Crippen LogP contribution < -0.4 is 5.73 Å². The van der Waals surface area contributed by atoms with E-state index in [4.69, 9.17) is 10.5 Å². The minimum Gasteiger partial charge on any atom is -0.384 e. The minimum atomic E-state index is -3.52. The highest BCUT2D eigenvalue weighted by atomic mass is 32.2. The van der Waals surface area contributed by atoms with Crippen LogP contribution in [0.1, 0.15) is 13.8 Å². The standard InChI is InChI=1S/C11H19N3O3S/c1-9(2)17-7-6-14(3)18(15,16)10-4-5-11(12)13-8-10/h4-5,8-9H,6-7H2,1-3H3,(H2,12,13). The number of nitrogen functional groups attached to an aromatic ring is 1. The van der Waals surface area contributed by atoms with Gasteiger partial charge in [0, 0.05) is 19.8 Å². The van der Waals surface area contributed by atoms with E-state index in [-0.39, 0.29) is 11.0 Å². The van der Waals surface area contributed by atoms with Gasteiger partial charge in [-0.05, 0) is 26.0 Å². The summed E-state index contributed by atoms with van der Waals surface area (Å²) in [6.07, 6.45) is 1.34. The highest BCUT2D eigenvalue weighted by Crippen LogP contribution is 2.13. The summed E-state index contributed by atoms with van der Waals surface area (Å²) in [5, 5.41) is 0. The quantitative estimate of drug-likeness (QED) is 0.825. The maximum atomic E-state index is 12.1. The van der Waals surface area contributed by atoms with Crippen LogP contribution in [-0.4, -0.2) is 44.0 Å². The van der Waals surface area contributed by atoms with Crippen LogP contribution in [0.15, 0.2) is 23.2 Å². The van der Waals surface area contributed by atoms with Crippen LogP contribution in [0, 0.1) is 0 Å². The van der Waals surface area contributed by atoms with E-state index in [9.17, 15) is 8.42 Å². The van der Waals surface area contributed by atoms with Gasteiger partial charge in [-0.1, -0.05) is 0 Å². The molecule has 0 aromatic carbocycles. The first-order valence-electron chi connectivity index (χ1n) is 5.63. The molecule has 0 amide bonds. The zero-order valence-corrected chi connectivity index (χ0v) is 11.6. The Bertz CT molecular complexity index is 471. The molecular weight excluding hydrogens is 254 g/mol. The zero-order chi connectivity index (χ0) is 13.8. The van der Waals surface area contributed by atoms with Crippen LogP contribution in [0.2, 0.25) is 0 Å². The molecule has 2 N–H and O–H groups in total. The van der Waals surface area contributed by atoms with Crippen molar-refractivity contribution in [1.82, 2.24) is 9.29 Å². The van der Waals surface area contributed by atoms with Crippen molar-refractivity contribution in [3.63, 3.8) is 0 Å². The Hall–Kier alpha value is -1.18. The van der Waals surface area contributed by atoms with Gasteiger partial charge in [0.05, 0.1) is 12.7 Å². The van der Waals surface area contributed by atoms with Gasteiger partial charge < -0.3 is 10.5 Å². The van der Waals surface area contributed by atoms with Gasteiger partial charge in [-0.3, -0.25) is 0 Å². The first-order chi connectivity index (χ1) is 8.34. The molecule has 0 bridgehead atoms. The molecule has 18 heavy (non-hydrogen) atoms. The number of nitrogens with zero attached hydrogens (tertiary/aromatic N) is 2. The lowest BCUT2D eigenvalue weighted by molar-refractivity contribution is 0.0737. The van der Waals surface area contributed by atoms with Crippen molar-refractivity contribution in [3.8, 4) is 0 Å². The molecule has 1 aromatic rings. The Morgan fingerprint density at radius 2 is 2.11 bits per heavy atom. The molecule has 0 saturated heterocycles. The van der Waals surface area contributed by atoms with Crippen molar-refractivity contribution in [2.24, 2.45) is 0 Å². The Kier molecular flexibility index (Phi) is 5.06. The summed E-state index contributed by atoms with van der Waals surface area (Å²) in [4.78, 5) is 3.91. The van der Waals surface area contributed by atoms with Crippen molar-refractivity contribution < 1.29 is 13.2 Å². The highest BCUT2D eigenvalue weighted by molar-refractivity contribution is 7.89. The molecule has 1 aromatic heterocycles. The molecule has 0 spiro atoms. The van der Waals surface area contributed by atoms with Gasteiger partial charge in [-0.15, -0.1) is 0 Å². The average Bonchev–Trinajstić information content (AvgIpc) is 2.28. The van der Waals surface area contributed by atoms with Crippen molar-refractivity contribution in [2.75, 3.05) is 25.9 Å². The Morgan fingerprint density at radius 1 is 1.44 bits per heavy atom. The summed E-state index contributed by atoms with van der Waals surface area (Å²) in [6.45, 7) is 4.46. The maximum absolute atomic E-state index is 12.1. The number of sulfonamides is 1. The Morgan fingerprint density at radius 3 is 2.61 bits per heavy atom. The molecule has 1 rings (SSSR count). The lowest BCUT2D eigenvalue weighted by Gasteiger charge is -2.17. The highest BCUT2D eigenvalue weighted by Gasteiger charge is 2.20. The lowest BCUT2D eigenvalue weighted by atomic mass is 10.5. The van der Waals surface area contributed by atoms with Crippen molar-refractivity contribution in [1.29, 1.82) is 0 Å². The molecule has 7 heteroatoms. The van der Waals surface area contributed by atoms with E-state index in [1.807, 2.05) is 13.8 Å². The average molecular weight is 273 g/mol. The SMILES string of the molecule is CC(C)OCCN(C)S(=O)(=O)c1ccc(N)nc1. The monoisotopic (exact) mass is 273 g/mol. The van der Waals surface area contributed by atoms with Gasteiger partial charge >= 0.3 is 0 Å². The summed E-state index contributed by atoms with van der Waals surface area (Å²) in [5.41, 5.74) is 5.42. The topological polar surface area (TPSA) is 85.5 Å². The summed E-state index contributed by atoms with van der Waals surface area (Å²) >= 11 is 0. The number of rotatable bonds is 6. The van der Waals surface area contributed by atoms with E-state index in [2.05, 4.69) is 4.98 Å². The summed E-state index contributed by atoms with van der Waals surface area (Å²) in [5.74, 6) is 0.291. The summed E-state index contributed by atoms with van der Waals surface area (Å²) in [6, 6.07) is 2.91. The third-order valence-electron chi connectivity index (χ3n) is 2.32. The van der Waals surface area contributed by atoms with E-state index >= 15 is 0 Å². The predicted octanol–water partition coefficient (Wildman–Crippen LogP) is 0.709. The second-order valence-electron chi connectivity index (χ2n) is 4.16. The molecule has 1 heterocycles. The smallest absolute Gasteiger partial charge is 0.244 e. The molecule has 0 fully saturated rings. The summed E-state index contributed by atoms with van der Waals surface area (Å²) < 4.78 is 30.8. The molecule has 0 atom stereocenters. The summed E-state index contributed by atoms with van der Waals surface area (Å²) in [7, 11) is -2.01. The lowest BCUT2D eigenvalue weighted by Crippen LogP contribution is -2.31. The predicted molar refractivity (Wildman–Crippen MR) is 69.6 cm³/mol. The fourth-order valence-corrected chi connectivity index (χ4v) is 2.36. The van der Waals surface area contributed by atoms with E-state index in [1.54, 1.807) is 0 Å². The molecule has 0 aliphatic rings. The largest absolute Gasteiger partial charge is 0.384 e. The maximum Gasteiger partial charge on any atom is 0.244 e. The Balaban J connectivity index is 2.71. The number of aromatic nitrogens is 1. The second kappa shape index (κ2) is 6.12. The van der Waals surface area contributed by atoms with Crippen LogP contribution in [0.4, 0.5) is 5.82 Å².